The van der Waals surface area contributed by atoms with Crippen LogP contribution in [0.1, 0.15) is 40.2 Å². The molecule has 1 atom stereocenters. The fraction of sp³-hybridized carbons (Fsp3) is 0.226. The number of ketones is 1. The lowest BCUT2D eigenvalue weighted by Crippen LogP contribution is -2.16. The first kappa shape index (κ1) is 24.3. The van der Waals surface area contributed by atoms with Gasteiger partial charge in [0.2, 0.25) is 5.56 Å². The molecule has 1 aromatic heterocycles. The van der Waals surface area contributed by atoms with E-state index in [1.54, 1.807) is 30.3 Å². The Morgan fingerprint density at radius 2 is 1.75 bits per heavy atom. The van der Waals surface area contributed by atoms with Crippen molar-refractivity contribution < 1.29 is 4.79 Å². The van der Waals surface area contributed by atoms with Crippen LogP contribution in [0.15, 0.2) is 77.6 Å². The summed E-state index contributed by atoms with van der Waals surface area (Å²) in [6, 6.07) is 22.8. The van der Waals surface area contributed by atoms with Crippen molar-refractivity contribution >= 4 is 36.4 Å². The smallest absolute Gasteiger partial charge is 0.249 e. The van der Waals surface area contributed by atoms with Crippen molar-refractivity contribution in [2.45, 2.75) is 38.4 Å². The van der Waals surface area contributed by atoms with Crippen LogP contribution in [-0.4, -0.2) is 18.8 Å². The van der Waals surface area contributed by atoms with Gasteiger partial charge in [-0.1, -0.05) is 55.4 Å². The third kappa shape index (κ3) is 5.38. The second-order valence-electron chi connectivity index (χ2n) is 10.6. The van der Waals surface area contributed by atoms with Crippen molar-refractivity contribution in [2.75, 3.05) is 0 Å². The van der Waals surface area contributed by atoms with Crippen LogP contribution >= 0.6 is 11.6 Å². The summed E-state index contributed by atoms with van der Waals surface area (Å²) < 4.78 is 0. The topological polar surface area (TPSA) is 49.9 Å². The van der Waals surface area contributed by atoms with Crippen molar-refractivity contribution in [3.63, 3.8) is 0 Å². The number of aromatic amines is 1. The number of carbonyl (C=O) groups excluding carboxylic acids is 1. The van der Waals surface area contributed by atoms with Gasteiger partial charge in [-0.25, -0.2) is 0 Å². The molecule has 1 fully saturated rings. The van der Waals surface area contributed by atoms with Gasteiger partial charge in [0, 0.05) is 33.1 Å². The Balaban J connectivity index is 1.61. The number of aromatic nitrogens is 1. The third-order valence-corrected chi connectivity index (χ3v) is 7.61. The summed E-state index contributed by atoms with van der Waals surface area (Å²) in [4.78, 5) is 29.1. The molecule has 0 aliphatic heterocycles. The average Bonchev–Trinajstić information content (AvgIpc) is 3.68. The van der Waals surface area contributed by atoms with E-state index in [0.717, 1.165) is 46.0 Å². The van der Waals surface area contributed by atoms with Gasteiger partial charge in [0.1, 0.15) is 8.07 Å². The maximum absolute atomic E-state index is 13.6. The highest BCUT2D eigenvalue weighted by atomic mass is 35.5. The van der Waals surface area contributed by atoms with Gasteiger partial charge in [-0.15, -0.1) is 5.54 Å². The zero-order valence-corrected chi connectivity index (χ0v) is 22.4. The zero-order valence-electron chi connectivity index (χ0n) is 20.7. The van der Waals surface area contributed by atoms with Crippen molar-refractivity contribution in [3.8, 4) is 22.6 Å². The molecule has 0 spiro atoms. The number of benzene rings is 3. The number of pyridine rings is 1. The lowest BCUT2D eigenvalue weighted by atomic mass is 9.85. The van der Waals surface area contributed by atoms with Crippen LogP contribution in [0.4, 0.5) is 0 Å². The first-order valence-electron chi connectivity index (χ1n) is 12.3. The maximum atomic E-state index is 13.6. The monoisotopic (exact) mass is 509 g/mol. The highest BCUT2D eigenvalue weighted by molar-refractivity contribution is 6.83. The summed E-state index contributed by atoms with van der Waals surface area (Å²) in [6.45, 7) is 6.66. The summed E-state index contributed by atoms with van der Waals surface area (Å²) in [5, 5.41) is 1.54. The predicted octanol–water partition coefficient (Wildman–Crippen LogP) is 7.45. The van der Waals surface area contributed by atoms with E-state index in [1.807, 2.05) is 36.4 Å². The Morgan fingerprint density at radius 3 is 2.44 bits per heavy atom. The van der Waals surface area contributed by atoms with E-state index in [9.17, 15) is 9.59 Å². The third-order valence-electron chi connectivity index (χ3n) is 6.49. The molecule has 4 aromatic rings. The van der Waals surface area contributed by atoms with Crippen LogP contribution in [0, 0.1) is 17.4 Å². The van der Waals surface area contributed by atoms with E-state index >= 15 is 0 Å². The number of hydrogen-bond acceptors (Lipinski definition) is 2. The van der Waals surface area contributed by atoms with Crippen LogP contribution in [0.5, 0.6) is 0 Å². The quantitative estimate of drug-likeness (QED) is 0.172. The molecule has 0 bridgehead atoms. The lowest BCUT2D eigenvalue weighted by molar-refractivity contribution is 0.0949. The molecule has 1 heterocycles. The Hall–Kier alpha value is -3.39. The summed E-state index contributed by atoms with van der Waals surface area (Å²) in [5.74, 6) is 3.55. The summed E-state index contributed by atoms with van der Waals surface area (Å²) in [6.07, 6.45) is 2.08. The molecule has 36 heavy (non-hydrogen) atoms. The number of nitrogens with one attached hydrogen (secondary N) is 1. The fourth-order valence-corrected chi connectivity index (χ4v) is 5.23. The van der Waals surface area contributed by atoms with Crippen LogP contribution in [0.3, 0.4) is 0 Å². The standard InChI is InChI=1S/C31H28ClNO2Si/c1-36(2,3)16-15-20-5-4-6-23(17-20)26-19-29(34)33-28-14-11-24(18-27(26)28)30(21-7-8-21)31(35)22-9-12-25(32)13-10-22/h4-6,9-14,17-19,21,30H,7-8H2,1-3H3,(H,33,34). The number of halogens is 1. The SMILES string of the molecule is C[Si](C)(C)C#Cc1cccc(-c2cc(=O)[nH]c3ccc(C(C(=O)c4ccc(Cl)cc4)C4CC4)cc23)c1. The molecule has 1 aliphatic rings. The molecule has 5 rings (SSSR count). The number of carbonyl (C=O) groups is 1. The minimum atomic E-state index is -1.51. The van der Waals surface area contributed by atoms with E-state index in [4.69, 9.17) is 11.6 Å². The first-order chi connectivity index (χ1) is 17.2. The number of rotatable bonds is 5. The predicted molar refractivity (Wildman–Crippen MR) is 151 cm³/mol. The number of Topliss-reactive ketones (excluding diaryl/α,β-unsaturated/α-hetero) is 1. The summed E-state index contributed by atoms with van der Waals surface area (Å²) in [5.41, 5.74) is 8.40. The maximum Gasteiger partial charge on any atom is 0.249 e. The molecule has 3 nitrogen and oxygen atoms in total. The lowest BCUT2D eigenvalue weighted by Gasteiger charge is -2.17. The number of hydrogen-bond donors (Lipinski definition) is 1. The van der Waals surface area contributed by atoms with E-state index in [1.165, 1.54) is 0 Å². The first-order valence-corrected chi connectivity index (χ1v) is 16.2. The van der Waals surface area contributed by atoms with Crippen LogP contribution in [0.2, 0.25) is 24.7 Å². The van der Waals surface area contributed by atoms with Gasteiger partial charge < -0.3 is 4.98 Å². The normalized spacial score (nSPS) is 14.2. The van der Waals surface area contributed by atoms with Crippen LogP contribution < -0.4 is 5.56 Å². The minimum absolute atomic E-state index is 0.114. The van der Waals surface area contributed by atoms with Gasteiger partial charge >= 0.3 is 0 Å². The summed E-state index contributed by atoms with van der Waals surface area (Å²) >= 11 is 6.05. The van der Waals surface area contributed by atoms with Gasteiger partial charge in [0.05, 0.1) is 5.92 Å². The van der Waals surface area contributed by atoms with Crippen LogP contribution in [0.25, 0.3) is 22.0 Å². The Labute approximate surface area is 217 Å². The van der Waals surface area contributed by atoms with E-state index in [-0.39, 0.29) is 17.3 Å². The largest absolute Gasteiger partial charge is 0.322 e. The minimum Gasteiger partial charge on any atom is -0.322 e. The highest BCUT2D eigenvalue weighted by Gasteiger charge is 2.37. The number of H-pyrrole nitrogens is 1. The van der Waals surface area contributed by atoms with Gasteiger partial charge in [-0.2, -0.15) is 0 Å². The van der Waals surface area contributed by atoms with Crippen molar-refractivity contribution in [2.24, 2.45) is 5.92 Å². The molecule has 180 valence electrons. The van der Waals surface area contributed by atoms with E-state index in [2.05, 4.69) is 42.2 Å². The second kappa shape index (κ2) is 9.58. The van der Waals surface area contributed by atoms with E-state index in [0.29, 0.717) is 16.5 Å². The molecule has 1 N–H and O–H groups in total. The van der Waals surface area contributed by atoms with Crippen molar-refractivity contribution in [3.05, 3.63) is 105 Å². The molecule has 0 radical (unpaired) electrons. The molecule has 5 heteroatoms. The van der Waals surface area contributed by atoms with E-state index < -0.39 is 8.07 Å². The Bertz CT molecular complexity index is 1580. The summed E-state index contributed by atoms with van der Waals surface area (Å²) in [7, 11) is -1.51. The molecule has 1 aliphatic carbocycles. The molecule has 0 amide bonds. The average molecular weight is 510 g/mol. The molecule has 1 unspecified atom stereocenters. The van der Waals surface area contributed by atoms with Gasteiger partial charge in [-0.3, -0.25) is 9.59 Å². The van der Waals surface area contributed by atoms with Crippen molar-refractivity contribution in [1.82, 2.24) is 4.98 Å². The zero-order chi connectivity index (χ0) is 25.4. The number of fused-ring (bicyclic) bond motifs is 1. The highest BCUT2D eigenvalue weighted by Crippen LogP contribution is 2.45. The van der Waals surface area contributed by atoms with Gasteiger partial charge in [-0.05, 0) is 84.0 Å². The molecule has 0 saturated heterocycles. The van der Waals surface area contributed by atoms with Crippen LogP contribution in [-0.2, 0) is 0 Å². The molecular formula is C31H28ClNO2Si. The molecular weight excluding hydrogens is 482 g/mol. The van der Waals surface area contributed by atoms with Gasteiger partial charge in [0.25, 0.3) is 0 Å². The Kier molecular flexibility index (Phi) is 6.47. The Morgan fingerprint density at radius 1 is 1.00 bits per heavy atom. The molecule has 1 saturated carbocycles. The van der Waals surface area contributed by atoms with Crippen molar-refractivity contribution in [1.29, 1.82) is 0 Å². The molecule has 3 aromatic carbocycles. The second-order valence-corrected chi connectivity index (χ2v) is 15.8. The fourth-order valence-electron chi connectivity index (χ4n) is 4.59. The van der Waals surface area contributed by atoms with Gasteiger partial charge in [0.15, 0.2) is 5.78 Å².